The van der Waals surface area contributed by atoms with E-state index >= 15 is 0 Å². The molecule has 0 aromatic heterocycles. The van der Waals surface area contributed by atoms with Gasteiger partial charge in [-0.25, -0.2) is 0 Å². The maximum absolute atomic E-state index is 10.5. The third kappa shape index (κ3) is 1.36. The minimum absolute atomic E-state index is 0.0603. The van der Waals surface area contributed by atoms with Gasteiger partial charge in [0.05, 0.1) is 0 Å². The fourth-order valence-electron chi connectivity index (χ4n) is 0.598. The highest BCUT2D eigenvalue weighted by atomic mass is 32.1. The van der Waals surface area contributed by atoms with Crippen LogP contribution < -0.4 is 0 Å². The predicted molar refractivity (Wildman–Crippen MR) is 37.1 cm³/mol. The second-order valence-electron chi connectivity index (χ2n) is 1.80. The molecule has 0 fully saturated rings. The van der Waals surface area contributed by atoms with E-state index in [1.807, 2.05) is 0 Å². The summed E-state index contributed by atoms with van der Waals surface area (Å²) in [6, 6.07) is 0. The van der Waals surface area contributed by atoms with Crippen LogP contribution in [0.3, 0.4) is 0 Å². The van der Waals surface area contributed by atoms with Crippen LogP contribution in [-0.4, -0.2) is 10.8 Å². The van der Waals surface area contributed by atoms with E-state index in [1.165, 1.54) is 6.92 Å². The molecule has 2 nitrogen and oxygen atoms in total. The average Bonchev–Trinajstić information content (AvgIpc) is 2.14. The number of rotatable bonds is 1. The summed E-state index contributed by atoms with van der Waals surface area (Å²) in [5.41, 5.74) is 0. The van der Waals surface area contributed by atoms with E-state index in [1.54, 1.807) is 6.08 Å². The minimum atomic E-state index is -0.0603. The van der Waals surface area contributed by atoms with Crippen molar-refractivity contribution in [3.8, 4) is 0 Å². The van der Waals surface area contributed by atoms with Gasteiger partial charge in [0.2, 0.25) is 0 Å². The standard InChI is InChI=1S/C6H6O2S/c1-4(7)5-2-3-6(9)8-5/h2H,3H2,1H3. The normalized spacial score (nSPS) is 17.0. The molecule has 0 amide bonds. The first-order valence-corrected chi connectivity index (χ1v) is 3.03. The van der Waals surface area contributed by atoms with Crippen LogP contribution in [0.4, 0.5) is 0 Å². The van der Waals surface area contributed by atoms with Gasteiger partial charge in [-0.2, -0.15) is 0 Å². The van der Waals surface area contributed by atoms with Crippen molar-refractivity contribution in [1.29, 1.82) is 0 Å². The zero-order chi connectivity index (χ0) is 6.85. The lowest BCUT2D eigenvalue weighted by Gasteiger charge is -1.95. The molecule has 1 aliphatic rings. The number of ketones is 1. The van der Waals surface area contributed by atoms with E-state index in [2.05, 4.69) is 12.2 Å². The lowest BCUT2D eigenvalue weighted by molar-refractivity contribution is -0.115. The Morgan fingerprint density at radius 2 is 2.56 bits per heavy atom. The number of thiocarbonyl (C=S) groups is 1. The Kier molecular flexibility index (Phi) is 1.62. The molecule has 0 atom stereocenters. The number of hydrogen-bond acceptors (Lipinski definition) is 3. The first-order valence-electron chi connectivity index (χ1n) is 2.62. The van der Waals surface area contributed by atoms with Crippen molar-refractivity contribution < 1.29 is 9.53 Å². The molecule has 0 saturated heterocycles. The number of hydrogen-bond donors (Lipinski definition) is 0. The Labute approximate surface area is 58.5 Å². The molecule has 0 aromatic rings. The lowest BCUT2D eigenvalue weighted by atomic mass is 10.3. The van der Waals surface area contributed by atoms with Gasteiger partial charge in [0.25, 0.3) is 0 Å². The van der Waals surface area contributed by atoms with Gasteiger partial charge >= 0.3 is 0 Å². The Hall–Kier alpha value is -0.700. The summed E-state index contributed by atoms with van der Waals surface area (Å²) in [5.74, 6) is 0.329. The fraction of sp³-hybridized carbons (Fsp3) is 0.333. The van der Waals surface area contributed by atoms with Crippen LogP contribution in [0.25, 0.3) is 0 Å². The van der Waals surface area contributed by atoms with Crippen molar-refractivity contribution >= 4 is 23.1 Å². The number of allylic oxidation sites excluding steroid dienone is 1. The first-order chi connectivity index (χ1) is 4.20. The zero-order valence-electron chi connectivity index (χ0n) is 5.01. The molecule has 0 aliphatic carbocycles. The summed E-state index contributed by atoms with van der Waals surface area (Å²) < 4.78 is 4.87. The lowest BCUT2D eigenvalue weighted by Crippen LogP contribution is -1.98. The number of Topliss-reactive ketones (excluding diaryl/α,β-unsaturated/α-hetero) is 1. The summed E-state index contributed by atoms with van der Waals surface area (Å²) >= 11 is 4.69. The van der Waals surface area contributed by atoms with Gasteiger partial charge in [-0.15, -0.1) is 0 Å². The largest absolute Gasteiger partial charge is 0.447 e. The number of carbonyl (C=O) groups is 1. The smallest absolute Gasteiger partial charge is 0.194 e. The van der Waals surface area contributed by atoms with Crippen molar-refractivity contribution in [3.63, 3.8) is 0 Å². The summed E-state index contributed by atoms with van der Waals surface area (Å²) in [4.78, 5) is 10.5. The molecular weight excluding hydrogens is 136 g/mol. The molecule has 48 valence electrons. The minimum Gasteiger partial charge on any atom is -0.447 e. The van der Waals surface area contributed by atoms with E-state index in [4.69, 9.17) is 4.74 Å². The van der Waals surface area contributed by atoms with Gasteiger partial charge in [-0.05, 0) is 18.3 Å². The van der Waals surface area contributed by atoms with E-state index in [-0.39, 0.29) is 5.78 Å². The highest BCUT2D eigenvalue weighted by Gasteiger charge is 2.13. The zero-order valence-corrected chi connectivity index (χ0v) is 5.83. The van der Waals surface area contributed by atoms with Crippen molar-refractivity contribution in [2.45, 2.75) is 13.3 Å². The van der Waals surface area contributed by atoms with E-state index < -0.39 is 0 Å². The van der Waals surface area contributed by atoms with E-state index in [0.29, 0.717) is 17.2 Å². The highest BCUT2D eigenvalue weighted by molar-refractivity contribution is 7.80. The van der Waals surface area contributed by atoms with Gasteiger partial charge < -0.3 is 4.74 Å². The Balaban J connectivity index is 2.65. The highest BCUT2D eigenvalue weighted by Crippen LogP contribution is 2.12. The molecular formula is C6H6O2S. The molecule has 1 heterocycles. The second kappa shape index (κ2) is 2.27. The van der Waals surface area contributed by atoms with Crippen LogP contribution in [0.1, 0.15) is 13.3 Å². The third-order valence-electron chi connectivity index (χ3n) is 1.02. The Bertz CT molecular complexity index is 193. The van der Waals surface area contributed by atoms with Crippen molar-refractivity contribution in [2.24, 2.45) is 0 Å². The maximum atomic E-state index is 10.5. The van der Waals surface area contributed by atoms with Gasteiger partial charge in [0.1, 0.15) is 0 Å². The topological polar surface area (TPSA) is 26.3 Å². The van der Waals surface area contributed by atoms with E-state index in [9.17, 15) is 4.79 Å². The summed E-state index contributed by atoms with van der Waals surface area (Å²) in [5, 5.41) is 0.486. The monoisotopic (exact) mass is 142 g/mol. The molecule has 9 heavy (non-hydrogen) atoms. The number of ether oxygens (including phenoxy) is 1. The van der Waals surface area contributed by atoms with Gasteiger partial charge in [-0.3, -0.25) is 4.79 Å². The van der Waals surface area contributed by atoms with Crippen molar-refractivity contribution in [1.82, 2.24) is 0 Å². The van der Waals surface area contributed by atoms with Crippen LogP contribution in [0, 0.1) is 0 Å². The molecule has 1 aliphatic heterocycles. The van der Waals surface area contributed by atoms with Crippen molar-refractivity contribution in [3.05, 3.63) is 11.8 Å². The summed E-state index contributed by atoms with van der Waals surface area (Å²) in [6.07, 6.45) is 2.30. The van der Waals surface area contributed by atoms with Crippen LogP contribution >= 0.6 is 12.2 Å². The predicted octanol–water partition coefficient (Wildman–Crippen LogP) is 1.21. The molecule has 0 bridgehead atoms. The first kappa shape index (κ1) is 6.42. The van der Waals surface area contributed by atoms with Gasteiger partial charge in [0, 0.05) is 13.3 Å². The Morgan fingerprint density at radius 1 is 1.89 bits per heavy atom. The molecule has 0 unspecified atom stereocenters. The van der Waals surface area contributed by atoms with Gasteiger partial charge in [0.15, 0.2) is 16.6 Å². The second-order valence-corrected chi connectivity index (χ2v) is 2.26. The number of carbonyl (C=O) groups excluding carboxylic acids is 1. The molecule has 0 aromatic carbocycles. The van der Waals surface area contributed by atoms with Crippen LogP contribution in [0.15, 0.2) is 11.8 Å². The van der Waals surface area contributed by atoms with E-state index in [0.717, 1.165) is 0 Å². The Morgan fingerprint density at radius 3 is 2.78 bits per heavy atom. The fourth-order valence-corrected chi connectivity index (χ4v) is 0.771. The maximum Gasteiger partial charge on any atom is 0.194 e. The summed E-state index contributed by atoms with van der Waals surface area (Å²) in [7, 11) is 0. The molecule has 0 N–H and O–H groups in total. The quantitative estimate of drug-likeness (QED) is 0.515. The van der Waals surface area contributed by atoms with Crippen LogP contribution in [0.5, 0.6) is 0 Å². The average molecular weight is 142 g/mol. The summed E-state index contributed by atoms with van der Waals surface area (Å²) in [6.45, 7) is 1.46. The molecule has 1 rings (SSSR count). The molecule has 0 spiro atoms. The molecule has 0 saturated carbocycles. The van der Waals surface area contributed by atoms with Gasteiger partial charge in [-0.1, -0.05) is 0 Å². The van der Waals surface area contributed by atoms with Crippen LogP contribution in [-0.2, 0) is 9.53 Å². The SMILES string of the molecule is CC(=O)C1=CCC(=S)O1. The van der Waals surface area contributed by atoms with Crippen molar-refractivity contribution in [2.75, 3.05) is 0 Å². The molecule has 3 heteroatoms. The molecule has 0 radical (unpaired) electrons. The third-order valence-corrected chi connectivity index (χ3v) is 1.27. The van der Waals surface area contributed by atoms with Crippen LogP contribution in [0.2, 0.25) is 0 Å².